The van der Waals surface area contributed by atoms with Gasteiger partial charge in [0.05, 0.1) is 0 Å². The largest absolute Gasteiger partial charge is 0.204 e. The van der Waals surface area contributed by atoms with Crippen LogP contribution in [-0.4, -0.2) is 0 Å². The van der Waals surface area contributed by atoms with Crippen LogP contribution >= 0.6 is 0 Å². The third-order valence-electron chi connectivity index (χ3n) is 4.49. The van der Waals surface area contributed by atoms with E-state index in [2.05, 4.69) is 6.92 Å². The summed E-state index contributed by atoms with van der Waals surface area (Å²) < 4.78 is 25.9. The monoisotopic (exact) mass is 266 g/mol. The third-order valence-corrected chi connectivity index (χ3v) is 4.49. The van der Waals surface area contributed by atoms with E-state index in [1.54, 1.807) is 6.07 Å². The topological polar surface area (TPSA) is 0 Å². The molecule has 0 N–H and O–H groups in total. The molecule has 0 aromatic heterocycles. The van der Waals surface area contributed by atoms with E-state index >= 15 is 0 Å². The molecular formula is C17H24F2. The molecule has 1 aliphatic rings. The number of benzene rings is 1. The van der Waals surface area contributed by atoms with Gasteiger partial charge in [-0.1, -0.05) is 51.5 Å². The summed E-state index contributed by atoms with van der Waals surface area (Å²) in [5.74, 6) is 0.249. The average Bonchev–Trinajstić information content (AvgIpc) is 2.42. The fraction of sp³-hybridized carbons (Fsp3) is 0.647. The minimum atomic E-state index is -0.746. The molecular weight excluding hydrogens is 242 g/mol. The average molecular weight is 266 g/mol. The van der Waals surface area contributed by atoms with Crippen LogP contribution in [0.2, 0.25) is 0 Å². The van der Waals surface area contributed by atoms with E-state index < -0.39 is 11.6 Å². The van der Waals surface area contributed by atoms with E-state index in [0.29, 0.717) is 0 Å². The van der Waals surface area contributed by atoms with Crippen LogP contribution in [0, 0.1) is 23.5 Å². The van der Waals surface area contributed by atoms with Crippen LogP contribution < -0.4 is 0 Å². The predicted octanol–water partition coefficient (Wildman–Crippen LogP) is 5.50. The van der Waals surface area contributed by atoms with E-state index in [1.165, 1.54) is 50.7 Å². The number of aryl methyl sites for hydroxylation is 1. The Morgan fingerprint density at radius 2 is 1.58 bits per heavy atom. The number of hydrogen-bond acceptors (Lipinski definition) is 0. The van der Waals surface area contributed by atoms with Crippen LogP contribution in [0.5, 0.6) is 0 Å². The van der Waals surface area contributed by atoms with Crippen LogP contribution in [0.4, 0.5) is 8.78 Å². The van der Waals surface area contributed by atoms with Gasteiger partial charge in [-0.25, -0.2) is 8.78 Å². The smallest absolute Gasteiger partial charge is 0.159 e. The SMILES string of the molecule is CCCC1CCC(CCc2ccc(F)c(F)c2)CC1. The molecule has 2 heteroatoms. The standard InChI is InChI=1S/C17H24F2/c1-2-3-13-4-6-14(7-5-13)8-9-15-10-11-16(18)17(19)12-15/h10-14H,2-9H2,1H3. The molecule has 1 aliphatic carbocycles. The molecule has 0 spiro atoms. The van der Waals surface area contributed by atoms with Gasteiger partial charge in [-0.2, -0.15) is 0 Å². The molecule has 0 unspecified atom stereocenters. The van der Waals surface area contributed by atoms with E-state index in [9.17, 15) is 8.78 Å². The van der Waals surface area contributed by atoms with Crippen molar-refractivity contribution in [3.8, 4) is 0 Å². The molecule has 0 bridgehead atoms. The zero-order chi connectivity index (χ0) is 13.7. The van der Waals surface area contributed by atoms with E-state index in [4.69, 9.17) is 0 Å². The maximum absolute atomic E-state index is 13.1. The highest BCUT2D eigenvalue weighted by molar-refractivity contribution is 5.17. The molecule has 1 fully saturated rings. The lowest BCUT2D eigenvalue weighted by atomic mass is 9.78. The number of hydrogen-bond donors (Lipinski definition) is 0. The zero-order valence-corrected chi connectivity index (χ0v) is 11.8. The summed E-state index contributed by atoms with van der Waals surface area (Å²) in [6.45, 7) is 2.26. The number of halogens is 2. The molecule has 0 heterocycles. The Hall–Kier alpha value is -0.920. The van der Waals surface area contributed by atoms with Crippen LogP contribution in [0.15, 0.2) is 18.2 Å². The van der Waals surface area contributed by atoms with Crippen molar-refractivity contribution in [3.05, 3.63) is 35.4 Å². The van der Waals surface area contributed by atoms with Crippen molar-refractivity contribution < 1.29 is 8.78 Å². The lowest BCUT2D eigenvalue weighted by Crippen LogP contribution is -2.15. The molecule has 0 radical (unpaired) electrons. The Kier molecular flexibility index (Phi) is 5.35. The predicted molar refractivity (Wildman–Crippen MR) is 75.0 cm³/mol. The summed E-state index contributed by atoms with van der Waals surface area (Å²) in [7, 11) is 0. The van der Waals surface area contributed by atoms with Crippen molar-refractivity contribution in [2.75, 3.05) is 0 Å². The van der Waals surface area contributed by atoms with Gasteiger partial charge in [0.2, 0.25) is 0 Å². The highest BCUT2D eigenvalue weighted by Crippen LogP contribution is 2.33. The van der Waals surface area contributed by atoms with Crippen molar-refractivity contribution in [2.24, 2.45) is 11.8 Å². The second kappa shape index (κ2) is 7.02. The van der Waals surface area contributed by atoms with E-state index in [1.807, 2.05) is 0 Å². The Bertz CT molecular complexity index is 392. The molecule has 19 heavy (non-hydrogen) atoms. The molecule has 0 saturated heterocycles. The Morgan fingerprint density at radius 1 is 0.947 bits per heavy atom. The van der Waals surface area contributed by atoms with Gasteiger partial charge in [0, 0.05) is 0 Å². The molecule has 0 aliphatic heterocycles. The van der Waals surface area contributed by atoms with Crippen molar-refractivity contribution >= 4 is 0 Å². The summed E-state index contributed by atoms with van der Waals surface area (Å²) in [5, 5.41) is 0. The Morgan fingerprint density at radius 3 is 2.16 bits per heavy atom. The van der Waals surface area contributed by atoms with Gasteiger partial charge >= 0.3 is 0 Å². The fourth-order valence-electron chi connectivity index (χ4n) is 3.28. The van der Waals surface area contributed by atoms with Gasteiger partial charge in [0.1, 0.15) is 0 Å². The first-order valence-electron chi connectivity index (χ1n) is 7.63. The third kappa shape index (κ3) is 4.29. The first kappa shape index (κ1) is 14.5. The van der Waals surface area contributed by atoms with Crippen molar-refractivity contribution in [3.63, 3.8) is 0 Å². The maximum Gasteiger partial charge on any atom is 0.159 e. The van der Waals surface area contributed by atoms with Crippen LogP contribution in [-0.2, 0) is 6.42 Å². The molecule has 1 aromatic rings. The molecule has 106 valence electrons. The van der Waals surface area contributed by atoms with Gasteiger partial charge in [-0.05, 0) is 42.4 Å². The minimum Gasteiger partial charge on any atom is -0.204 e. The maximum atomic E-state index is 13.1. The van der Waals surface area contributed by atoms with Crippen molar-refractivity contribution in [2.45, 2.75) is 58.3 Å². The van der Waals surface area contributed by atoms with Gasteiger partial charge in [-0.15, -0.1) is 0 Å². The Labute approximate surface area is 115 Å². The summed E-state index contributed by atoms with van der Waals surface area (Å²) in [4.78, 5) is 0. The lowest BCUT2D eigenvalue weighted by Gasteiger charge is -2.28. The highest BCUT2D eigenvalue weighted by Gasteiger charge is 2.20. The van der Waals surface area contributed by atoms with Gasteiger partial charge in [-0.3, -0.25) is 0 Å². The second-order valence-corrected chi connectivity index (χ2v) is 5.96. The Balaban J connectivity index is 1.75. The lowest BCUT2D eigenvalue weighted by molar-refractivity contribution is 0.252. The fourth-order valence-corrected chi connectivity index (χ4v) is 3.28. The molecule has 0 atom stereocenters. The van der Waals surface area contributed by atoms with Gasteiger partial charge < -0.3 is 0 Å². The minimum absolute atomic E-state index is 0.718. The normalized spacial score (nSPS) is 23.5. The van der Waals surface area contributed by atoms with Crippen LogP contribution in [0.1, 0.15) is 57.4 Å². The van der Waals surface area contributed by atoms with E-state index in [-0.39, 0.29) is 0 Å². The van der Waals surface area contributed by atoms with Crippen LogP contribution in [0.25, 0.3) is 0 Å². The van der Waals surface area contributed by atoms with E-state index in [0.717, 1.165) is 30.2 Å². The second-order valence-electron chi connectivity index (χ2n) is 5.96. The van der Waals surface area contributed by atoms with Crippen molar-refractivity contribution in [1.82, 2.24) is 0 Å². The van der Waals surface area contributed by atoms with Crippen LogP contribution in [0.3, 0.4) is 0 Å². The summed E-state index contributed by atoms with van der Waals surface area (Å²) in [5.41, 5.74) is 0.926. The summed E-state index contributed by atoms with van der Waals surface area (Å²) in [6.07, 6.45) is 10.00. The molecule has 2 rings (SSSR count). The molecule has 0 nitrogen and oxygen atoms in total. The zero-order valence-electron chi connectivity index (χ0n) is 11.8. The molecule has 1 saturated carbocycles. The number of rotatable bonds is 5. The van der Waals surface area contributed by atoms with Gasteiger partial charge in [0.15, 0.2) is 11.6 Å². The quantitative estimate of drug-likeness (QED) is 0.659. The summed E-state index contributed by atoms with van der Waals surface area (Å²) in [6, 6.07) is 4.29. The first-order chi connectivity index (χ1) is 9.19. The molecule has 0 amide bonds. The summed E-state index contributed by atoms with van der Waals surface area (Å²) >= 11 is 0. The van der Waals surface area contributed by atoms with Gasteiger partial charge in [0.25, 0.3) is 0 Å². The first-order valence-corrected chi connectivity index (χ1v) is 7.63. The molecule has 1 aromatic carbocycles. The highest BCUT2D eigenvalue weighted by atomic mass is 19.2. The van der Waals surface area contributed by atoms with Crippen molar-refractivity contribution in [1.29, 1.82) is 0 Å².